The van der Waals surface area contributed by atoms with Crippen molar-refractivity contribution in [1.82, 2.24) is 15.1 Å². The highest BCUT2D eigenvalue weighted by Crippen LogP contribution is 2.25. The molecule has 0 bridgehead atoms. The zero-order chi connectivity index (χ0) is 17.8. The Balaban J connectivity index is 1.69. The van der Waals surface area contributed by atoms with Gasteiger partial charge in [-0.25, -0.2) is 0 Å². The fraction of sp³-hybridized carbons (Fsp3) is 0.300. The maximum Gasteiger partial charge on any atom is 0.247 e. The van der Waals surface area contributed by atoms with E-state index >= 15 is 0 Å². The predicted octanol–water partition coefficient (Wildman–Crippen LogP) is 4.96. The molecule has 0 N–H and O–H groups in total. The largest absolute Gasteiger partial charge is 0.419 e. The summed E-state index contributed by atoms with van der Waals surface area (Å²) in [4.78, 5) is 3.49. The summed E-state index contributed by atoms with van der Waals surface area (Å²) in [6, 6.07) is 16.8. The highest BCUT2D eigenvalue weighted by Gasteiger charge is 2.19. The lowest BCUT2D eigenvalue weighted by Crippen LogP contribution is -2.22. The first-order valence-corrected chi connectivity index (χ1v) is 9.53. The van der Waals surface area contributed by atoms with Crippen LogP contribution in [0.2, 0.25) is 0 Å². The third-order valence-electron chi connectivity index (χ3n) is 4.35. The zero-order valence-electron chi connectivity index (χ0n) is 15.1. The van der Waals surface area contributed by atoms with Gasteiger partial charge in [0.15, 0.2) is 0 Å². The van der Waals surface area contributed by atoms with E-state index in [1.54, 1.807) is 11.8 Å². The number of thioether (sulfide) groups is 1. The molecule has 2 aromatic carbocycles. The fourth-order valence-corrected chi connectivity index (χ4v) is 2.97. The normalized spacial score (nSPS) is 12.5. The van der Waals surface area contributed by atoms with Crippen molar-refractivity contribution in [2.24, 2.45) is 0 Å². The predicted molar refractivity (Wildman–Crippen MR) is 103 cm³/mol. The van der Waals surface area contributed by atoms with Gasteiger partial charge >= 0.3 is 0 Å². The molecule has 1 aromatic heterocycles. The highest BCUT2D eigenvalue weighted by atomic mass is 32.2. The Hall–Kier alpha value is -2.11. The molecule has 4 nitrogen and oxygen atoms in total. The molecule has 0 fully saturated rings. The van der Waals surface area contributed by atoms with Crippen molar-refractivity contribution in [2.45, 2.75) is 31.3 Å². The van der Waals surface area contributed by atoms with Crippen molar-refractivity contribution in [2.75, 3.05) is 13.3 Å². The number of benzene rings is 2. The minimum Gasteiger partial charge on any atom is -0.419 e. The first-order chi connectivity index (χ1) is 12.1. The molecule has 0 saturated carbocycles. The Bertz CT molecular complexity index is 812. The molecule has 5 heteroatoms. The maximum absolute atomic E-state index is 5.90. The van der Waals surface area contributed by atoms with Gasteiger partial charge < -0.3 is 4.42 Å². The van der Waals surface area contributed by atoms with Crippen LogP contribution < -0.4 is 0 Å². The molecule has 0 spiro atoms. The van der Waals surface area contributed by atoms with Gasteiger partial charge in [0.25, 0.3) is 0 Å². The molecule has 0 amide bonds. The summed E-state index contributed by atoms with van der Waals surface area (Å²) in [6.07, 6.45) is 2.09. The molecule has 3 aromatic rings. The lowest BCUT2D eigenvalue weighted by molar-refractivity contribution is 0.218. The SMILES string of the molecule is CSc1ccc(CN(C)C(C)c2nnc(-c3ccc(C)cc3)o2)cc1. The monoisotopic (exact) mass is 353 g/mol. The van der Waals surface area contributed by atoms with Crippen LogP contribution >= 0.6 is 11.8 Å². The van der Waals surface area contributed by atoms with Crippen LogP contribution in [-0.4, -0.2) is 28.4 Å². The van der Waals surface area contributed by atoms with Crippen LogP contribution in [0.15, 0.2) is 57.8 Å². The van der Waals surface area contributed by atoms with Crippen LogP contribution in [-0.2, 0) is 6.54 Å². The van der Waals surface area contributed by atoms with Gasteiger partial charge in [-0.1, -0.05) is 29.8 Å². The lowest BCUT2D eigenvalue weighted by Gasteiger charge is -2.21. The highest BCUT2D eigenvalue weighted by molar-refractivity contribution is 7.98. The summed E-state index contributed by atoms with van der Waals surface area (Å²) in [6.45, 7) is 4.98. The van der Waals surface area contributed by atoms with E-state index in [2.05, 4.69) is 66.5 Å². The van der Waals surface area contributed by atoms with Gasteiger partial charge in [0, 0.05) is 17.0 Å². The van der Waals surface area contributed by atoms with E-state index in [4.69, 9.17) is 4.42 Å². The molecule has 1 unspecified atom stereocenters. The molecule has 0 radical (unpaired) electrons. The summed E-state index contributed by atoms with van der Waals surface area (Å²) in [5.74, 6) is 1.21. The van der Waals surface area contributed by atoms with Gasteiger partial charge in [0.05, 0.1) is 6.04 Å². The summed E-state index contributed by atoms with van der Waals surface area (Å²) in [5, 5.41) is 8.45. The van der Waals surface area contributed by atoms with E-state index in [0.29, 0.717) is 11.8 Å². The molecule has 1 heterocycles. The average molecular weight is 353 g/mol. The standard InChI is InChI=1S/C20H23N3OS/c1-14-5-9-17(10-6-14)20-22-21-19(24-20)15(2)23(3)13-16-7-11-18(25-4)12-8-16/h5-12,15H,13H2,1-4H3. The van der Waals surface area contributed by atoms with Crippen LogP contribution in [0.3, 0.4) is 0 Å². The van der Waals surface area contributed by atoms with Gasteiger partial charge in [0.2, 0.25) is 11.8 Å². The molecule has 25 heavy (non-hydrogen) atoms. The van der Waals surface area contributed by atoms with E-state index < -0.39 is 0 Å². The number of hydrogen-bond acceptors (Lipinski definition) is 5. The average Bonchev–Trinajstić information content (AvgIpc) is 3.12. The Morgan fingerprint density at radius 3 is 2.36 bits per heavy atom. The Labute approximate surface area is 153 Å². The molecule has 0 aliphatic rings. The third kappa shape index (κ3) is 4.30. The molecule has 0 aliphatic carbocycles. The van der Waals surface area contributed by atoms with Crippen LogP contribution in [0.5, 0.6) is 0 Å². The molecule has 0 aliphatic heterocycles. The minimum atomic E-state index is 0.0481. The number of aromatic nitrogens is 2. The van der Waals surface area contributed by atoms with Gasteiger partial charge in [0.1, 0.15) is 0 Å². The summed E-state index contributed by atoms with van der Waals surface area (Å²) in [7, 11) is 2.07. The van der Waals surface area contributed by atoms with Gasteiger partial charge in [-0.05, 0) is 57.0 Å². The van der Waals surface area contributed by atoms with E-state index in [0.717, 1.165) is 12.1 Å². The Morgan fingerprint density at radius 2 is 1.72 bits per heavy atom. The first-order valence-electron chi connectivity index (χ1n) is 8.30. The minimum absolute atomic E-state index is 0.0481. The number of nitrogens with zero attached hydrogens (tertiary/aromatic N) is 3. The van der Waals surface area contributed by atoms with Crippen LogP contribution in [0.4, 0.5) is 0 Å². The number of hydrogen-bond donors (Lipinski definition) is 0. The lowest BCUT2D eigenvalue weighted by atomic mass is 10.1. The van der Waals surface area contributed by atoms with Gasteiger partial charge in [-0.15, -0.1) is 22.0 Å². The topological polar surface area (TPSA) is 42.2 Å². The van der Waals surface area contributed by atoms with Crippen molar-refractivity contribution < 1.29 is 4.42 Å². The van der Waals surface area contributed by atoms with Gasteiger partial charge in [-0.3, -0.25) is 4.90 Å². The van der Waals surface area contributed by atoms with Crippen LogP contribution in [0.25, 0.3) is 11.5 Å². The molecule has 130 valence electrons. The summed E-state index contributed by atoms with van der Waals surface area (Å²) in [5.41, 5.74) is 3.43. The van der Waals surface area contributed by atoms with E-state index in [1.807, 2.05) is 24.3 Å². The number of rotatable bonds is 6. The smallest absolute Gasteiger partial charge is 0.247 e. The van der Waals surface area contributed by atoms with Crippen molar-refractivity contribution >= 4 is 11.8 Å². The van der Waals surface area contributed by atoms with E-state index in [1.165, 1.54) is 16.0 Å². The van der Waals surface area contributed by atoms with E-state index in [-0.39, 0.29) is 6.04 Å². The molecule has 1 atom stereocenters. The number of aryl methyl sites for hydroxylation is 1. The van der Waals surface area contributed by atoms with Crippen molar-refractivity contribution in [3.63, 3.8) is 0 Å². The molecule has 0 saturated heterocycles. The Morgan fingerprint density at radius 1 is 1.04 bits per heavy atom. The van der Waals surface area contributed by atoms with Crippen molar-refractivity contribution in [3.05, 3.63) is 65.5 Å². The van der Waals surface area contributed by atoms with Crippen LogP contribution in [0.1, 0.15) is 30.0 Å². The first kappa shape index (κ1) is 17.7. The zero-order valence-corrected chi connectivity index (χ0v) is 15.9. The summed E-state index contributed by atoms with van der Waals surface area (Å²) < 4.78 is 5.90. The molecular formula is C20H23N3OS. The van der Waals surface area contributed by atoms with Crippen LogP contribution in [0, 0.1) is 6.92 Å². The third-order valence-corrected chi connectivity index (χ3v) is 5.09. The second kappa shape index (κ2) is 7.85. The van der Waals surface area contributed by atoms with Crippen molar-refractivity contribution in [3.8, 4) is 11.5 Å². The molecular weight excluding hydrogens is 330 g/mol. The Kier molecular flexibility index (Phi) is 5.56. The summed E-state index contributed by atoms with van der Waals surface area (Å²) >= 11 is 1.75. The second-order valence-corrected chi connectivity index (χ2v) is 7.13. The van der Waals surface area contributed by atoms with Gasteiger partial charge in [-0.2, -0.15) is 0 Å². The molecule has 3 rings (SSSR count). The second-order valence-electron chi connectivity index (χ2n) is 6.25. The fourth-order valence-electron chi connectivity index (χ4n) is 2.56. The quantitative estimate of drug-likeness (QED) is 0.586. The van der Waals surface area contributed by atoms with Crippen molar-refractivity contribution in [1.29, 1.82) is 0 Å². The van der Waals surface area contributed by atoms with E-state index in [9.17, 15) is 0 Å². The maximum atomic E-state index is 5.90.